The van der Waals surface area contributed by atoms with Crippen molar-refractivity contribution < 1.29 is 19.1 Å². The van der Waals surface area contributed by atoms with E-state index in [1.807, 2.05) is 65.3 Å². The largest absolute Gasteiger partial charge is 0.486 e. The van der Waals surface area contributed by atoms with Gasteiger partial charge in [-0.15, -0.1) is 0 Å². The first-order valence-electron chi connectivity index (χ1n) is 11.1. The van der Waals surface area contributed by atoms with Crippen LogP contribution in [0.5, 0.6) is 11.5 Å². The van der Waals surface area contributed by atoms with Crippen LogP contribution in [0, 0.1) is 5.92 Å². The second kappa shape index (κ2) is 9.86. The Hall–Kier alpha value is -3.02. The minimum Gasteiger partial charge on any atom is -0.486 e. The standard InChI is InChI=1S/C25H30N2O4/c1-2-26(17-20-10-6-12-22-24(20)31-15-14-30-22)25(29)21-11-7-13-27(18-21)23(28)16-19-8-4-3-5-9-19/h3-6,8-10,12,21H,2,7,11,13-18H2,1H3. The van der Waals surface area contributed by atoms with Crippen LogP contribution in [0.4, 0.5) is 0 Å². The fraction of sp³-hybridized carbons (Fsp3) is 0.440. The average Bonchev–Trinajstić information content (AvgIpc) is 2.83. The number of amides is 2. The van der Waals surface area contributed by atoms with Gasteiger partial charge in [-0.05, 0) is 31.4 Å². The zero-order valence-corrected chi connectivity index (χ0v) is 18.1. The van der Waals surface area contributed by atoms with Gasteiger partial charge in [-0.3, -0.25) is 9.59 Å². The second-order valence-corrected chi connectivity index (χ2v) is 8.14. The van der Waals surface area contributed by atoms with E-state index < -0.39 is 0 Å². The summed E-state index contributed by atoms with van der Waals surface area (Å²) in [5, 5.41) is 0. The van der Waals surface area contributed by atoms with E-state index in [1.165, 1.54) is 0 Å². The molecule has 4 rings (SSSR count). The maximum absolute atomic E-state index is 13.3. The predicted molar refractivity (Wildman–Crippen MR) is 118 cm³/mol. The van der Waals surface area contributed by atoms with Crippen LogP contribution >= 0.6 is 0 Å². The highest BCUT2D eigenvalue weighted by atomic mass is 16.6. The van der Waals surface area contributed by atoms with E-state index in [9.17, 15) is 9.59 Å². The maximum atomic E-state index is 13.3. The molecule has 0 bridgehead atoms. The topological polar surface area (TPSA) is 59.1 Å². The average molecular weight is 423 g/mol. The summed E-state index contributed by atoms with van der Waals surface area (Å²) >= 11 is 0. The van der Waals surface area contributed by atoms with Crippen molar-refractivity contribution in [3.63, 3.8) is 0 Å². The van der Waals surface area contributed by atoms with Gasteiger partial charge in [-0.2, -0.15) is 0 Å². The van der Waals surface area contributed by atoms with E-state index in [0.29, 0.717) is 39.3 Å². The molecule has 0 spiro atoms. The molecule has 31 heavy (non-hydrogen) atoms. The smallest absolute Gasteiger partial charge is 0.227 e. The molecule has 1 saturated heterocycles. The lowest BCUT2D eigenvalue weighted by Crippen LogP contribution is -2.47. The van der Waals surface area contributed by atoms with E-state index in [1.54, 1.807) is 0 Å². The first-order chi connectivity index (χ1) is 15.2. The highest BCUT2D eigenvalue weighted by molar-refractivity contribution is 5.82. The van der Waals surface area contributed by atoms with Crippen molar-refractivity contribution in [2.75, 3.05) is 32.8 Å². The molecule has 2 aromatic rings. The molecule has 6 nitrogen and oxygen atoms in total. The lowest BCUT2D eigenvalue weighted by atomic mass is 9.95. The van der Waals surface area contributed by atoms with Gasteiger partial charge >= 0.3 is 0 Å². The number of piperidine rings is 1. The Morgan fingerprint density at radius 3 is 2.68 bits per heavy atom. The molecule has 2 aromatic carbocycles. The van der Waals surface area contributed by atoms with Gasteiger partial charge in [0.2, 0.25) is 11.8 Å². The Morgan fingerprint density at radius 1 is 1.06 bits per heavy atom. The summed E-state index contributed by atoms with van der Waals surface area (Å²) in [6, 6.07) is 15.6. The molecule has 2 aliphatic rings. The zero-order chi connectivity index (χ0) is 21.6. The lowest BCUT2D eigenvalue weighted by Gasteiger charge is -2.35. The van der Waals surface area contributed by atoms with Gasteiger partial charge in [0.1, 0.15) is 13.2 Å². The van der Waals surface area contributed by atoms with Crippen LogP contribution in [0.3, 0.4) is 0 Å². The van der Waals surface area contributed by atoms with Crippen molar-refractivity contribution in [1.82, 2.24) is 9.80 Å². The third kappa shape index (κ3) is 5.01. The normalized spacial score (nSPS) is 17.8. The van der Waals surface area contributed by atoms with Gasteiger partial charge in [0.25, 0.3) is 0 Å². The Morgan fingerprint density at radius 2 is 1.87 bits per heavy atom. The van der Waals surface area contributed by atoms with E-state index in [0.717, 1.165) is 42.0 Å². The molecular formula is C25H30N2O4. The van der Waals surface area contributed by atoms with Crippen molar-refractivity contribution >= 4 is 11.8 Å². The third-order valence-electron chi connectivity index (χ3n) is 6.02. The van der Waals surface area contributed by atoms with Gasteiger partial charge < -0.3 is 19.3 Å². The van der Waals surface area contributed by atoms with Crippen LogP contribution in [-0.2, 0) is 22.6 Å². The first kappa shape index (κ1) is 21.2. The Kier molecular flexibility index (Phi) is 6.75. The van der Waals surface area contributed by atoms with Gasteiger partial charge in [-0.1, -0.05) is 42.5 Å². The number of carbonyl (C=O) groups excluding carboxylic acids is 2. The molecule has 0 aliphatic carbocycles. The van der Waals surface area contributed by atoms with Crippen molar-refractivity contribution in [3.8, 4) is 11.5 Å². The monoisotopic (exact) mass is 422 g/mol. The van der Waals surface area contributed by atoms with Crippen LogP contribution in [0.15, 0.2) is 48.5 Å². The molecule has 0 radical (unpaired) electrons. The summed E-state index contributed by atoms with van der Waals surface area (Å²) in [5.41, 5.74) is 1.97. The Balaban J connectivity index is 1.41. The maximum Gasteiger partial charge on any atom is 0.227 e. The van der Waals surface area contributed by atoms with Gasteiger partial charge in [0.15, 0.2) is 11.5 Å². The SMILES string of the molecule is CCN(Cc1cccc2c1OCCO2)C(=O)C1CCCN(C(=O)Cc2ccccc2)C1. The summed E-state index contributed by atoms with van der Waals surface area (Å²) in [4.78, 5) is 29.9. The zero-order valence-electron chi connectivity index (χ0n) is 18.1. The van der Waals surface area contributed by atoms with Crippen molar-refractivity contribution in [2.24, 2.45) is 5.92 Å². The number of hydrogen-bond donors (Lipinski definition) is 0. The van der Waals surface area contributed by atoms with Crippen LogP contribution in [0.1, 0.15) is 30.9 Å². The van der Waals surface area contributed by atoms with Crippen molar-refractivity contribution in [2.45, 2.75) is 32.7 Å². The van der Waals surface area contributed by atoms with Crippen LogP contribution < -0.4 is 9.47 Å². The molecule has 1 atom stereocenters. The summed E-state index contributed by atoms with van der Waals surface area (Å²) in [5.74, 6) is 1.51. The molecule has 0 saturated carbocycles. The summed E-state index contributed by atoms with van der Waals surface area (Å²) < 4.78 is 11.5. The number of nitrogens with zero attached hydrogens (tertiary/aromatic N) is 2. The minimum absolute atomic E-state index is 0.0921. The molecule has 0 N–H and O–H groups in total. The molecule has 164 valence electrons. The molecule has 1 fully saturated rings. The molecule has 0 aromatic heterocycles. The Bertz CT molecular complexity index is 915. The van der Waals surface area contributed by atoms with Gasteiger partial charge in [0, 0.05) is 31.7 Å². The number of para-hydroxylation sites is 1. The highest BCUT2D eigenvalue weighted by Crippen LogP contribution is 2.34. The number of carbonyl (C=O) groups is 2. The fourth-order valence-electron chi connectivity index (χ4n) is 4.36. The first-order valence-corrected chi connectivity index (χ1v) is 11.1. The van der Waals surface area contributed by atoms with Crippen LogP contribution in [0.2, 0.25) is 0 Å². The quantitative estimate of drug-likeness (QED) is 0.717. The number of fused-ring (bicyclic) bond motifs is 1. The van der Waals surface area contributed by atoms with E-state index in [4.69, 9.17) is 9.47 Å². The van der Waals surface area contributed by atoms with E-state index in [2.05, 4.69) is 0 Å². The molecule has 1 unspecified atom stereocenters. The lowest BCUT2D eigenvalue weighted by molar-refractivity contribution is -0.141. The van der Waals surface area contributed by atoms with Gasteiger partial charge in [0.05, 0.1) is 12.3 Å². The summed E-state index contributed by atoms with van der Waals surface area (Å²) in [6.07, 6.45) is 2.05. The molecule has 2 aliphatic heterocycles. The summed E-state index contributed by atoms with van der Waals surface area (Å²) in [7, 11) is 0. The second-order valence-electron chi connectivity index (χ2n) is 8.14. The number of rotatable bonds is 6. The molecule has 6 heteroatoms. The molecular weight excluding hydrogens is 392 g/mol. The minimum atomic E-state index is -0.162. The predicted octanol–water partition coefficient (Wildman–Crippen LogP) is 3.29. The summed E-state index contributed by atoms with van der Waals surface area (Å²) in [6.45, 7) is 5.36. The number of hydrogen-bond acceptors (Lipinski definition) is 4. The molecule has 2 heterocycles. The van der Waals surface area contributed by atoms with Gasteiger partial charge in [-0.25, -0.2) is 0 Å². The highest BCUT2D eigenvalue weighted by Gasteiger charge is 2.31. The van der Waals surface area contributed by atoms with Crippen molar-refractivity contribution in [3.05, 3.63) is 59.7 Å². The Labute approximate surface area is 183 Å². The number of ether oxygens (including phenoxy) is 2. The van der Waals surface area contributed by atoms with Crippen LogP contribution in [-0.4, -0.2) is 54.5 Å². The molecule has 2 amide bonds. The van der Waals surface area contributed by atoms with Crippen molar-refractivity contribution in [1.29, 1.82) is 0 Å². The third-order valence-corrected chi connectivity index (χ3v) is 6.02. The fourth-order valence-corrected chi connectivity index (χ4v) is 4.36. The number of likely N-dealkylation sites (tertiary alicyclic amines) is 1. The van der Waals surface area contributed by atoms with Crippen LogP contribution in [0.25, 0.3) is 0 Å². The van der Waals surface area contributed by atoms with E-state index in [-0.39, 0.29) is 17.7 Å². The number of benzene rings is 2. The van der Waals surface area contributed by atoms with E-state index >= 15 is 0 Å².